The molecule has 0 heterocycles. The van der Waals surface area contributed by atoms with E-state index in [1.165, 1.54) is 0 Å². The molecule has 49 heavy (non-hydrogen) atoms. The Morgan fingerprint density at radius 2 is 1.71 bits per heavy atom. The van der Waals surface area contributed by atoms with Gasteiger partial charge in [-0.05, 0) is 80.1 Å². The number of esters is 1. The first kappa shape index (κ1) is 38.2. The molecule has 0 aliphatic heterocycles. The number of aliphatic carboxylic acids is 1. The van der Waals surface area contributed by atoms with E-state index in [2.05, 4.69) is 17.6 Å². The summed E-state index contributed by atoms with van der Waals surface area (Å²) in [6.45, 7) is 6.53. The highest BCUT2D eigenvalue weighted by Crippen LogP contribution is 2.67. The van der Waals surface area contributed by atoms with Crippen LogP contribution in [0.5, 0.6) is 0 Å². The Balaban J connectivity index is 1.31. The molecule has 7 N–H and O–H groups in total. The van der Waals surface area contributed by atoms with Crippen molar-refractivity contribution in [2.24, 2.45) is 40.2 Å². The Morgan fingerprint density at radius 1 is 1.02 bits per heavy atom. The van der Waals surface area contributed by atoms with Gasteiger partial charge < -0.3 is 36.4 Å². The summed E-state index contributed by atoms with van der Waals surface area (Å²) >= 11 is 0. The molecule has 0 aromatic carbocycles. The molecule has 0 unspecified atom stereocenters. The SMILES string of the molecule is CC(C)[C@@H](NC(=O)CCC(=O)OCC(=O)[C@@]1(O)CC[C@H]2[C@H]3CCC4=CC(=O)CC[C@]4(C)[C@@H]3[C@@H](O)C[C@@]21C)C(=O)N[C@H](CCC(N)=O)C(=O)O. The molecule has 0 saturated heterocycles. The standard InChI is InChI=1S/C35H51N3O11/c1-18(2)30(31(45)37-23(32(46)47)7-8-26(36)42)38-27(43)9-10-28(44)49-17-25(41)35(48)14-12-22-21-6-5-19-15-20(39)11-13-33(19,3)29(21)24(40)16-34(22,35)4/h15,18,21-24,29-30,40,48H,5-14,16-17H2,1-4H3,(H2,36,42)(H,37,45)(H,38,43)(H,46,47)/t21-,22+,23-,24+,29+,30-,33+,34+,35+/m1/s1. The van der Waals surface area contributed by atoms with Crippen LogP contribution in [0.3, 0.4) is 0 Å². The van der Waals surface area contributed by atoms with E-state index in [0.29, 0.717) is 19.3 Å². The fourth-order valence-corrected chi connectivity index (χ4v) is 9.29. The number of rotatable bonds is 14. The number of hydrogen-bond acceptors (Lipinski definition) is 10. The lowest BCUT2D eigenvalue weighted by molar-refractivity contribution is -0.184. The largest absolute Gasteiger partial charge is 0.480 e. The quantitative estimate of drug-likeness (QED) is 0.141. The van der Waals surface area contributed by atoms with Gasteiger partial charge in [0.15, 0.2) is 12.4 Å². The van der Waals surface area contributed by atoms with Crippen LogP contribution < -0.4 is 16.4 Å². The van der Waals surface area contributed by atoms with Crippen LogP contribution in [0.2, 0.25) is 0 Å². The number of ether oxygens (including phenoxy) is 1. The Kier molecular flexibility index (Phi) is 11.4. The average molecular weight is 690 g/mol. The molecule has 3 amide bonds. The smallest absolute Gasteiger partial charge is 0.326 e. The zero-order valence-electron chi connectivity index (χ0n) is 28.8. The van der Waals surface area contributed by atoms with Crippen LogP contribution in [0.1, 0.15) is 98.3 Å². The first-order valence-corrected chi connectivity index (χ1v) is 17.3. The van der Waals surface area contributed by atoms with Crippen molar-refractivity contribution in [1.29, 1.82) is 0 Å². The van der Waals surface area contributed by atoms with Gasteiger partial charge in [0.05, 0.1) is 12.5 Å². The molecule has 9 atom stereocenters. The van der Waals surface area contributed by atoms with Crippen molar-refractivity contribution in [2.75, 3.05) is 6.61 Å². The van der Waals surface area contributed by atoms with Gasteiger partial charge in [0, 0.05) is 24.7 Å². The highest BCUT2D eigenvalue weighted by molar-refractivity contribution is 5.93. The second-order valence-electron chi connectivity index (χ2n) is 15.3. The zero-order valence-corrected chi connectivity index (χ0v) is 28.8. The van der Waals surface area contributed by atoms with Gasteiger partial charge in [-0.15, -0.1) is 0 Å². The highest BCUT2D eigenvalue weighted by atomic mass is 16.5. The molecule has 0 radical (unpaired) electrons. The third-order valence-corrected chi connectivity index (χ3v) is 12.0. The van der Waals surface area contributed by atoms with E-state index in [1.54, 1.807) is 19.9 Å². The van der Waals surface area contributed by atoms with Gasteiger partial charge in [-0.25, -0.2) is 4.79 Å². The summed E-state index contributed by atoms with van der Waals surface area (Å²) < 4.78 is 5.20. The molecular weight excluding hydrogens is 638 g/mol. The Bertz CT molecular complexity index is 1410. The Labute approximate surface area is 286 Å². The van der Waals surface area contributed by atoms with Gasteiger partial charge >= 0.3 is 11.9 Å². The fourth-order valence-electron chi connectivity index (χ4n) is 9.29. The number of aliphatic hydroxyl groups is 2. The van der Waals surface area contributed by atoms with Crippen molar-refractivity contribution < 1.29 is 53.6 Å². The lowest BCUT2D eigenvalue weighted by atomic mass is 9.45. The predicted molar refractivity (Wildman–Crippen MR) is 173 cm³/mol. The zero-order chi connectivity index (χ0) is 36.5. The van der Waals surface area contributed by atoms with E-state index in [-0.39, 0.29) is 61.1 Å². The monoisotopic (exact) mass is 689 g/mol. The number of Topliss-reactive ketones (excluding diaryl/α,β-unsaturated/α-hetero) is 1. The number of amides is 3. The minimum atomic E-state index is -1.82. The Morgan fingerprint density at radius 3 is 2.35 bits per heavy atom. The summed E-state index contributed by atoms with van der Waals surface area (Å²) in [5, 5.41) is 37.6. The number of primary amides is 1. The predicted octanol–water partition coefficient (Wildman–Crippen LogP) is 1.09. The van der Waals surface area contributed by atoms with Crippen molar-refractivity contribution in [3.63, 3.8) is 0 Å². The number of nitrogens with two attached hydrogens (primary N) is 1. The van der Waals surface area contributed by atoms with Crippen LogP contribution in [0.25, 0.3) is 0 Å². The number of carbonyl (C=O) groups excluding carboxylic acids is 6. The van der Waals surface area contributed by atoms with Crippen molar-refractivity contribution in [1.82, 2.24) is 10.6 Å². The third kappa shape index (κ3) is 7.59. The molecule has 14 heteroatoms. The van der Waals surface area contributed by atoms with E-state index >= 15 is 0 Å². The van der Waals surface area contributed by atoms with Crippen molar-refractivity contribution in [3.8, 4) is 0 Å². The van der Waals surface area contributed by atoms with E-state index in [4.69, 9.17) is 10.5 Å². The summed E-state index contributed by atoms with van der Waals surface area (Å²) in [5.74, 6) is -5.46. The summed E-state index contributed by atoms with van der Waals surface area (Å²) in [5.41, 5.74) is 3.10. The van der Waals surface area contributed by atoms with Gasteiger partial charge in [-0.1, -0.05) is 33.3 Å². The number of ketones is 2. The minimum Gasteiger partial charge on any atom is -0.480 e. The van der Waals surface area contributed by atoms with E-state index in [1.807, 2.05) is 6.92 Å². The lowest BCUT2D eigenvalue weighted by Gasteiger charge is -2.60. The summed E-state index contributed by atoms with van der Waals surface area (Å²) in [6.07, 6.45) is 3.24. The van der Waals surface area contributed by atoms with Crippen molar-refractivity contribution in [2.45, 2.75) is 122 Å². The number of carboxylic acid groups (broad SMARTS) is 1. The molecule has 0 spiro atoms. The van der Waals surface area contributed by atoms with Gasteiger partial charge in [0.2, 0.25) is 23.5 Å². The molecule has 0 bridgehead atoms. The van der Waals surface area contributed by atoms with E-state index in [0.717, 1.165) is 18.4 Å². The highest BCUT2D eigenvalue weighted by Gasteiger charge is 2.68. The fraction of sp³-hybridized carbons (Fsp3) is 0.743. The first-order chi connectivity index (χ1) is 22.8. The summed E-state index contributed by atoms with van der Waals surface area (Å²) in [7, 11) is 0. The molecule has 3 fully saturated rings. The molecule has 0 aromatic rings. The van der Waals surface area contributed by atoms with Crippen LogP contribution >= 0.6 is 0 Å². The van der Waals surface area contributed by atoms with Crippen molar-refractivity contribution >= 4 is 41.2 Å². The molecule has 4 aliphatic rings. The molecule has 3 saturated carbocycles. The number of carboxylic acids is 1. The second kappa shape index (κ2) is 14.7. The number of fused-ring (bicyclic) bond motifs is 5. The maximum Gasteiger partial charge on any atom is 0.326 e. The van der Waals surface area contributed by atoms with Crippen LogP contribution in [0.4, 0.5) is 0 Å². The van der Waals surface area contributed by atoms with Crippen molar-refractivity contribution in [3.05, 3.63) is 11.6 Å². The molecule has 4 aliphatic carbocycles. The normalized spacial score (nSPS) is 33.2. The van der Waals surface area contributed by atoms with Crippen LogP contribution in [0, 0.1) is 34.5 Å². The second-order valence-corrected chi connectivity index (χ2v) is 15.3. The van der Waals surface area contributed by atoms with E-state index in [9.17, 15) is 48.9 Å². The number of allylic oxidation sites excluding steroid dienone is 1. The van der Waals surface area contributed by atoms with Crippen LogP contribution in [-0.4, -0.2) is 86.9 Å². The first-order valence-electron chi connectivity index (χ1n) is 17.3. The minimum absolute atomic E-state index is 0.0368. The van der Waals surface area contributed by atoms with E-state index < -0.39 is 83.6 Å². The maximum atomic E-state index is 13.5. The number of hydrogen-bond donors (Lipinski definition) is 6. The number of carbonyl (C=O) groups is 7. The Hall–Kier alpha value is -3.65. The molecular formula is C35H51N3O11. The lowest BCUT2D eigenvalue weighted by Crippen LogP contribution is -2.62. The number of nitrogens with one attached hydrogen (secondary N) is 2. The van der Waals surface area contributed by atoms with Gasteiger partial charge in [0.25, 0.3) is 0 Å². The summed E-state index contributed by atoms with van der Waals surface area (Å²) in [6, 6.07) is -2.53. The van der Waals surface area contributed by atoms with Gasteiger partial charge in [-0.3, -0.25) is 28.8 Å². The van der Waals surface area contributed by atoms with Gasteiger partial charge in [-0.2, -0.15) is 0 Å². The molecule has 14 nitrogen and oxygen atoms in total. The molecule has 0 aromatic heterocycles. The van der Waals surface area contributed by atoms with Crippen LogP contribution in [0.15, 0.2) is 11.6 Å². The molecule has 4 rings (SSSR count). The summed E-state index contributed by atoms with van der Waals surface area (Å²) in [4.78, 5) is 86.2. The molecule has 272 valence electrons. The average Bonchev–Trinajstić information content (AvgIpc) is 3.29. The number of aliphatic hydroxyl groups excluding tert-OH is 1. The topological polar surface area (TPSA) is 239 Å². The van der Waals surface area contributed by atoms with Gasteiger partial charge in [0.1, 0.15) is 17.7 Å². The maximum absolute atomic E-state index is 13.5. The third-order valence-electron chi connectivity index (χ3n) is 12.0. The van der Waals surface area contributed by atoms with Crippen LogP contribution in [-0.2, 0) is 38.3 Å².